The van der Waals surface area contributed by atoms with Gasteiger partial charge in [-0.3, -0.25) is 0 Å². The minimum Gasteiger partial charge on any atom is -0.415 e. The first-order valence-electron chi connectivity index (χ1n) is 5.62. The molecule has 1 nitrogen and oxygen atoms in total. The molecule has 2 rings (SSSR count). The van der Waals surface area contributed by atoms with Crippen LogP contribution in [0.1, 0.15) is 19.8 Å². The summed E-state index contributed by atoms with van der Waals surface area (Å²) in [7, 11) is -0.984. The van der Waals surface area contributed by atoms with Crippen LogP contribution in [-0.4, -0.2) is 15.6 Å². The van der Waals surface area contributed by atoms with Crippen LogP contribution in [0.5, 0.6) is 0 Å². The molecule has 0 aromatic heterocycles. The fraction of sp³-hybridized carbons (Fsp3) is 0.385. The Morgan fingerprint density at radius 1 is 1.27 bits per heavy atom. The topological polar surface area (TPSA) is 9.23 Å². The lowest BCUT2D eigenvalue weighted by Crippen LogP contribution is -2.36. The van der Waals surface area contributed by atoms with Gasteiger partial charge in [0.25, 0.3) is 0 Å². The summed E-state index contributed by atoms with van der Waals surface area (Å²) < 4.78 is 5.80. The van der Waals surface area contributed by atoms with E-state index < -0.39 is 9.04 Å². The second-order valence-electron chi connectivity index (χ2n) is 3.67. The van der Waals surface area contributed by atoms with Gasteiger partial charge in [-0.2, -0.15) is 0 Å². The molecule has 1 aromatic rings. The fourth-order valence-electron chi connectivity index (χ4n) is 1.67. The third-order valence-corrected chi connectivity index (χ3v) is 5.05. The molecule has 1 aromatic carbocycles. The third-order valence-electron chi connectivity index (χ3n) is 2.35. The molecule has 1 aliphatic heterocycles. The van der Waals surface area contributed by atoms with E-state index in [-0.39, 0.29) is 0 Å². The third kappa shape index (κ3) is 4.45. The predicted octanol–water partition coefficient (Wildman–Crippen LogP) is 2.62. The summed E-state index contributed by atoms with van der Waals surface area (Å²) >= 11 is 0. The molecule has 1 saturated heterocycles. The van der Waals surface area contributed by atoms with Gasteiger partial charge in [0.1, 0.15) is 0 Å². The lowest BCUT2D eigenvalue weighted by Gasteiger charge is -2.21. The van der Waals surface area contributed by atoms with E-state index in [4.69, 9.17) is 4.43 Å². The van der Waals surface area contributed by atoms with Crippen molar-refractivity contribution in [3.63, 3.8) is 0 Å². The van der Waals surface area contributed by atoms with Crippen molar-refractivity contribution in [3.8, 4) is 0 Å². The number of rotatable bonds is 1. The average molecular weight is 220 g/mol. The Morgan fingerprint density at radius 3 is 2.47 bits per heavy atom. The van der Waals surface area contributed by atoms with Crippen molar-refractivity contribution in [3.05, 3.63) is 43.0 Å². The molecule has 82 valence electrons. The van der Waals surface area contributed by atoms with E-state index in [1.165, 1.54) is 24.1 Å². The van der Waals surface area contributed by atoms with Crippen molar-refractivity contribution in [2.45, 2.75) is 25.8 Å². The van der Waals surface area contributed by atoms with Gasteiger partial charge in [-0.05, 0) is 24.6 Å². The molecule has 1 unspecified atom stereocenters. The first kappa shape index (κ1) is 12.2. The van der Waals surface area contributed by atoms with E-state index in [1.807, 2.05) is 6.92 Å². The summed E-state index contributed by atoms with van der Waals surface area (Å²) in [6, 6.07) is 12.0. The summed E-state index contributed by atoms with van der Waals surface area (Å²) in [5.41, 5.74) is 0. The van der Waals surface area contributed by atoms with Gasteiger partial charge in [-0.25, -0.2) is 0 Å². The Labute approximate surface area is 94.5 Å². The maximum absolute atomic E-state index is 5.80. The molecule has 0 radical (unpaired) electrons. The smallest absolute Gasteiger partial charge is 0.208 e. The van der Waals surface area contributed by atoms with Crippen LogP contribution in [0.15, 0.2) is 43.0 Å². The SMILES string of the molecule is C=CC.c1ccc([SiH]2CCCCO2)cc1. The van der Waals surface area contributed by atoms with E-state index >= 15 is 0 Å². The van der Waals surface area contributed by atoms with Crippen LogP contribution in [0, 0.1) is 0 Å². The summed E-state index contributed by atoms with van der Waals surface area (Å²) in [6.07, 6.45) is 4.38. The second kappa shape index (κ2) is 7.43. The monoisotopic (exact) mass is 220 g/mol. The zero-order chi connectivity index (χ0) is 10.9. The molecule has 0 amide bonds. The molecule has 15 heavy (non-hydrogen) atoms. The van der Waals surface area contributed by atoms with Crippen LogP contribution in [0.2, 0.25) is 6.04 Å². The van der Waals surface area contributed by atoms with Crippen LogP contribution in [-0.2, 0) is 4.43 Å². The van der Waals surface area contributed by atoms with Gasteiger partial charge in [-0.15, -0.1) is 6.58 Å². The van der Waals surface area contributed by atoms with Gasteiger partial charge in [0, 0.05) is 6.61 Å². The maximum atomic E-state index is 5.80. The van der Waals surface area contributed by atoms with Crippen molar-refractivity contribution in [2.75, 3.05) is 6.61 Å². The molecule has 1 fully saturated rings. The van der Waals surface area contributed by atoms with E-state index in [1.54, 1.807) is 6.08 Å². The number of benzene rings is 1. The van der Waals surface area contributed by atoms with E-state index in [0.29, 0.717) is 0 Å². The minimum absolute atomic E-state index is 0.984. The molecule has 0 N–H and O–H groups in total. The number of hydrogen-bond donors (Lipinski definition) is 0. The predicted molar refractivity (Wildman–Crippen MR) is 69.1 cm³/mol. The van der Waals surface area contributed by atoms with Crippen LogP contribution < -0.4 is 5.19 Å². The van der Waals surface area contributed by atoms with E-state index in [2.05, 4.69) is 36.9 Å². The first-order chi connectivity index (χ1) is 7.38. The van der Waals surface area contributed by atoms with Crippen molar-refractivity contribution in [1.82, 2.24) is 0 Å². The van der Waals surface area contributed by atoms with Gasteiger partial charge in [-0.1, -0.05) is 42.8 Å². The van der Waals surface area contributed by atoms with Crippen molar-refractivity contribution < 1.29 is 4.43 Å². The Hall–Kier alpha value is -0.863. The molecule has 1 aliphatic rings. The summed E-state index contributed by atoms with van der Waals surface area (Å²) in [5, 5.41) is 1.47. The molecule has 0 aliphatic carbocycles. The average Bonchev–Trinajstić information content (AvgIpc) is 2.32. The Morgan fingerprint density at radius 2 is 1.93 bits per heavy atom. The van der Waals surface area contributed by atoms with Crippen LogP contribution in [0.3, 0.4) is 0 Å². The maximum Gasteiger partial charge on any atom is 0.208 e. The lowest BCUT2D eigenvalue weighted by atomic mass is 10.3. The highest BCUT2D eigenvalue weighted by molar-refractivity contribution is 6.67. The highest BCUT2D eigenvalue weighted by Gasteiger charge is 2.17. The highest BCUT2D eigenvalue weighted by atomic mass is 28.3. The molecule has 0 bridgehead atoms. The molecule has 1 heterocycles. The molecule has 0 saturated carbocycles. The Bertz CT molecular complexity index is 265. The largest absolute Gasteiger partial charge is 0.415 e. The molecule has 0 spiro atoms. The summed E-state index contributed by atoms with van der Waals surface area (Å²) in [6.45, 7) is 6.24. The highest BCUT2D eigenvalue weighted by Crippen LogP contribution is 2.10. The summed E-state index contributed by atoms with van der Waals surface area (Å²) in [5.74, 6) is 0. The quantitative estimate of drug-likeness (QED) is 0.522. The number of allylic oxidation sites excluding steroid dienone is 1. The van der Waals surface area contributed by atoms with Gasteiger partial charge in [0.2, 0.25) is 9.04 Å². The lowest BCUT2D eigenvalue weighted by molar-refractivity contribution is 0.294. The standard InChI is InChI=1S/C10H14OSi.C3H6/c1-2-6-10(7-3-1)12-9-5-4-8-11-12;1-3-2/h1-3,6-7,12H,4-5,8-9H2;3H,1H2,2H3. The van der Waals surface area contributed by atoms with Gasteiger partial charge < -0.3 is 4.43 Å². The fourth-order valence-corrected chi connectivity index (χ4v) is 4.13. The minimum atomic E-state index is -0.984. The number of hydrogen-bond acceptors (Lipinski definition) is 1. The zero-order valence-corrected chi connectivity index (χ0v) is 10.6. The van der Waals surface area contributed by atoms with Crippen molar-refractivity contribution in [2.24, 2.45) is 0 Å². The molecular weight excluding hydrogens is 200 g/mol. The van der Waals surface area contributed by atoms with Crippen LogP contribution >= 0.6 is 0 Å². The zero-order valence-electron chi connectivity index (χ0n) is 9.49. The van der Waals surface area contributed by atoms with Gasteiger partial charge in [0.15, 0.2) is 0 Å². The van der Waals surface area contributed by atoms with Crippen molar-refractivity contribution >= 4 is 14.2 Å². The second-order valence-corrected chi connectivity index (χ2v) is 6.23. The normalized spacial score (nSPS) is 19.9. The van der Waals surface area contributed by atoms with Crippen LogP contribution in [0.25, 0.3) is 0 Å². The van der Waals surface area contributed by atoms with Gasteiger partial charge in [0.05, 0.1) is 0 Å². The van der Waals surface area contributed by atoms with E-state index in [0.717, 1.165) is 6.61 Å². The first-order valence-corrected chi connectivity index (χ1v) is 7.48. The Kier molecular flexibility index (Phi) is 6.05. The molecule has 2 heteroatoms. The molecular formula is C13H20OSi. The van der Waals surface area contributed by atoms with Crippen molar-refractivity contribution in [1.29, 1.82) is 0 Å². The van der Waals surface area contributed by atoms with Gasteiger partial charge >= 0.3 is 0 Å². The van der Waals surface area contributed by atoms with Crippen LogP contribution in [0.4, 0.5) is 0 Å². The van der Waals surface area contributed by atoms with E-state index in [9.17, 15) is 0 Å². The molecule has 1 atom stereocenters. The Balaban J connectivity index is 0.000000337. The summed E-state index contributed by atoms with van der Waals surface area (Å²) in [4.78, 5) is 0.